The van der Waals surface area contributed by atoms with E-state index in [2.05, 4.69) is 10.2 Å². The minimum Gasteiger partial charge on any atom is -0.339 e. The number of piperazine rings is 1. The van der Waals surface area contributed by atoms with Crippen molar-refractivity contribution in [3.8, 4) is 17.1 Å². The largest absolute Gasteiger partial charge is 0.416 e. The van der Waals surface area contributed by atoms with Gasteiger partial charge in [-0.2, -0.15) is 13.2 Å². The van der Waals surface area contributed by atoms with Crippen LogP contribution in [0.5, 0.6) is 0 Å². The van der Waals surface area contributed by atoms with E-state index in [0.29, 0.717) is 60.5 Å². The first-order valence-electron chi connectivity index (χ1n) is 15.1. The molecular weight excluding hydrogens is 611 g/mol. The molecule has 236 valence electrons. The van der Waals surface area contributed by atoms with Crippen LogP contribution in [0.1, 0.15) is 35.7 Å². The molecule has 5 aromatic rings. The van der Waals surface area contributed by atoms with Gasteiger partial charge in [0.1, 0.15) is 0 Å². The number of rotatable bonds is 8. The molecule has 2 amide bonds. The van der Waals surface area contributed by atoms with Gasteiger partial charge in [-0.25, -0.2) is 0 Å². The summed E-state index contributed by atoms with van der Waals surface area (Å²) in [4.78, 5) is 30.1. The quantitative estimate of drug-likeness (QED) is 0.131. The highest BCUT2D eigenvalue weighted by molar-refractivity contribution is 7.99. The second kappa shape index (κ2) is 13.4. The highest BCUT2D eigenvalue weighted by Gasteiger charge is 2.32. The maximum Gasteiger partial charge on any atom is 0.416 e. The summed E-state index contributed by atoms with van der Waals surface area (Å²) in [6.45, 7) is 3.32. The van der Waals surface area contributed by atoms with Gasteiger partial charge < -0.3 is 9.80 Å². The van der Waals surface area contributed by atoms with Crippen molar-refractivity contribution < 1.29 is 22.8 Å². The van der Waals surface area contributed by atoms with Gasteiger partial charge in [0.25, 0.3) is 5.91 Å². The van der Waals surface area contributed by atoms with Crippen LogP contribution in [0.25, 0.3) is 27.8 Å². The molecule has 6 rings (SSSR count). The predicted octanol–water partition coefficient (Wildman–Crippen LogP) is 7.35. The van der Waals surface area contributed by atoms with Crippen LogP contribution in [-0.4, -0.2) is 67.8 Å². The van der Waals surface area contributed by atoms with Crippen molar-refractivity contribution in [2.75, 3.05) is 25.4 Å². The highest BCUT2D eigenvalue weighted by atomic mass is 32.2. The number of halogens is 3. The molecule has 0 saturated carbocycles. The topological polar surface area (TPSA) is 71.3 Å². The monoisotopic (exact) mass is 643 g/mol. The molecule has 1 fully saturated rings. The summed E-state index contributed by atoms with van der Waals surface area (Å²) >= 11 is 1.35. The molecule has 0 aliphatic carbocycles. The Kier molecular flexibility index (Phi) is 9.12. The van der Waals surface area contributed by atoms with E-state index in [9.17, 15) is 22.8 Å². The molecule has 2 heterocycles. The summed E-state index contributed by atoms with van der Waals surface area (Å²) in [5.74, 6) is 0.924. The summed E-state index contributed by atoms with van der Waals surface area (Å²) in [5, 5.41) is 11.2. The molecule has 11 heteroatoms. The number of hydrogen-bond donors (Lipinski definition) is 0. The van der Waals surface area contributed by atoms with E-state index in [-0.39, 0.29) is 17.9 Å². The van der Waals surface area contributed by atoms with Crippen molar-refractivity contribution in [3.05, 3.63) is 108 Å². The minimum atomic E-state index is -4.49. The standard InChI is InChI=1S/C35H32F3N5O2S/c1-24-23-41(18-19-42(24)33(45)28-17-16-25-9-5-6-12-27(25)21-28)31(44)15-8-20-46-34-40-39-32(26-10-3-2-4-11-26)43(34)30-14-7-13-29(22-30)35(36,37)38/h2-7,9-14,16-17,21-22,24H,8,15,18-20,23H2,1H3. The zero-order valence-electron chi connectivity index (χ0n) is 25.2. The van der Waals surface area contributed by atoms with E-state index >= 15 is 0 Å². The molecular formula is C35H32F3N5O2S. The van der Waals surface area contributed by atoms with Crippen molar-refractivity contribution in [2.45, 2.75) is 37.1 Å². The lowest BCUT2D eigenvalue weighted by Gasteiger charge is -2.40. The molecule has 1 aliphatic heterocycles. The minimum absolute atomic E-state index is 0.00886. The van der Waals surface area contributed by atoms with Crippen molar-refractivity contribution in [1.29, 1.82) is 0 Å². The van der Waals surface area contributed by atoms with E-state index in [0.717, 1.165) is 28.5 Å². The second-order valence-electron chi connectivity index (χ2n) is 11.3. The molecule has 1 aromatic heterocycles. The van der Waals surface area contributed by atoms with Gasteiger partial charge in [0.15, 0.2) is 11.0 Å². The van der Waals surface area contributed by atoms with E-state index in [1.807, 2.05) is 84.6 Å². The Morgan fingerprint density at radius 3 is 2.39 bits per heavy atom. The molecule has 0 spiro atoms. The molecule has 0 radical (unpaired) electrons. The number of benzene rings is 4. The van der Waals surface area contributed by atoms with E-state index < -0.39 is 11.7 Å². The normalized spacial score (nSPS) is 15.3. The first-order chi connectivity index (χ1) is 22.2. The Labute approximate surface area is 269 Å². The lowest BCUT2D eigenvalue weighted by atomic mass is 10.0. The lowest BCUT2D eigenvalue weighted by molar-refractivity contribution is -0.137. The number of thioether (sulfide) groups is 1. The van der Waals surface area contributed by atoms with Gasteiger partial charge in [0.2, 0.25) is 5.91 Å². The van der Waals surface area contributed by atoms with E-state index in [4.69, 9.17) is 0 Å². The number of fused-ring (bicyclic) bond motifs is 1. The Bertz CT molecular complexity index is 1860. The van der Waals surface area contributed by atoms with Crippen LogP contribution in [0.15, 0.2) is 102 Å². The van der Waals surface area contributed by atoms with E-state index in [1.165, 1.54) is 17.8 Å². The Balaban J connectivity index is 1.07. The van der Waals surface area contributed by atoms with Gasteiger partial charge in [-0.1, -0.05) is 78.5 Å². The van der Waals surface area contributed by atoms with Crippen LogP contribution in [0.4, 0.5) is 13.2 Å². The van der Waals surface area contributed by atoms with Crippen molar-refractivity contribution in [2.24, 2.45) is 0 Å². The van der Waals surface area contributed by atoms with Crippen LogP contribution >= 0.6 is 11.8 Å². The fourth-order valence-electron chi connectivity index (χ4n) is 5.71. The van der Waals surface area contributed by atoms with Crippen LogP contribution in [-0.2, 0) is 11.0 Å². The van der Waals surface area contributed by atoms with E-state index in [1.54, 1.807) is 15.5 Å². The average Bonchev–Trinajstić information content (AvgIpc) is 3.50. The van der Waals surface area contributed by atoms with Crippen LogP contribution in [0, 0.1) is 0 Å². The van der Waals surface area contributed by atoms with Gasteiger partial charge in [-0.05, 0) is 54.4 Å². The van der Waals surface area contributed by atoms with Crippen molar-refractivity contribution in [3.63, 3.8) is 0 Å². The summed E-state index contributed by atoms with van der Waals surface area (Å²) in [6, 6.07) is 27.8. The second-order valence-corrected chi connectivity index (χ2v) is 12.3. The van der Waals surface area contributed by atoms with Crippen LogP contribution in [0.3, 0.4) is 0 Å². The van der Waals surface area contributed by atoms with Gasteiger partial charge in [-0.15, -0.1) is 10.2 Å². The molecule has 46 heavy (non-hydrogen) atoms. The molecule has 0 bridgehead atoms. The van der Waals surface area contributed by atoms with Crippen LogP contribution in [0.2, 0.25) is 0 Å². The van der Waals surface area contributed by atoms with Crippen molar-refractivity contribution in [1.82, 2.24) is 24.6 Å². The third-order valence-electron chi connectivity index (χ3n) is 8.10. The maximum atomic E-state index is 13.5. The highest BCUT2D eigenvalue weighted by Crippen LogP contribution is 2.33. The van der Waals surface area contributed by atoms with Crippen molar-refractivity contribution >= 4 is 34.3 Å². The molecule has 1 saturated heterocycles. The zero-order valence-corrected chi connectivity index (χ0v) is 26.0. The smallest absolute Gasteiger partial charge is 0.339 e. The van der Waals surface area contributed by atoms with Gasteiger partial charge in [0, 0.05) is 49.0 Å². The first kappa shape index (κ1) is 31.3. The predicted molar refractivity (Wildman–Crippen MR) is 173 cm³/mol. The molecule has 1 unspecified atom stereocenters. The number of alkyl halides is 3. The number of amides is 2. The summed E-state index contributed by atoms with van der Waals surface area (Å²) in [6.07, 6.45) is -3.64. The number of nitrogens with zero attached hydrogens (tertiary/aromatic N) is 5. The first-order valence-corrected chi connectivity index (χ1v) is 16.1. The third kappa shape index (κ3) is 6.79. The summed E-state index contributed by atoms with van der Waals surface area (Å²) in [5.41, 5.74) is 0.910. The Morgan fingerprint density at radius 1 is 0.870 bits per heavy atom. The maximum absolute atomic E-state index is 13.5. The van der Waals surface area contributed by atoms with Gasteiger partial charge in [0.05, 0.1) is 11.3 Å². The zero-order chi connectivity index (χ0) is 32.3. The summed E-state index contributed by atoms with van der Waals surface area (Å²) < 4.78 is 42.2. The summed E-state index contributed by atoms with van der Waals surface area (Å²) in [7, 11) is 0. The number of carbonyl (C=O) groups excluding carboxylic acids is 2. The third-order valence-corrected chi connectivity index (χ3v) is 9.12. The molecule has 4 aromatic carbocycles. The number of hydrogen-bond acceptors (Lipinski definition) is 5. The molecule has 7 nitrogen and oxygen atoms in total. The number of aromatic nitrogens is 3. The fraction of sp³-hybridized carbons (Fsp3) is 0.257. The molecule has 0 N–H and O–H groups in total. The molecule has 1 atom stereocenters. The number of carbonyl (C=O) groups is 2. The lowest BCUT2D eigenvalue weighted by Crippen LogP contribution is -2.55. The van der Waals surface area contributed by atoms with Crippen LogP contribution < -0.4 is 0 Å². The van der Waals surface area contributed by atoms with Gasteiger partial charge >= 0.3 is 6.18 Å². The SMILES string of the molecule is CC1CN(C(=O)CCCSc2nnc(-c3ccccc3)n2-c2cccc(C(F)(F)F)c2)CCN1C(=O)c1ccc2ccccc2c1. The van der Waals surface area contributed by atoms with Gasteiger partial charge in [-0.3, -0.25) is 14.2 Å². The molecule has 1 aliphatic rings. The Hall–Kier alpha value is -4.64. The fourth-order valence-corrected chi connectivity index (χ4v) is 6.60. The Morgan fingerprint density at radius 2 is 1.63 bits per heavy atom. The average molecular weight is 644 g/mol.